The van der Waals surface area contributed by atoms with E-state index in [1.165, 1.54) is 35.6 Å². The van der Waals surface area contributed by atoms with Crippen LogP contribution in [0.4, 0.5) is 0 Å². The summed E-state index contributed by atoms with van der Waals surface area (Å²) in [6.07, 6.45) is 0. The Bertz CT molecular complexity index is 897. The number of benzene rings is 2. The highest BCUT2D eigenvalue weighted by atomic mass is 35.5. The molecule has 134 valence electrons. The van der Waals surface area contributed by atoms with Crippen LogP contribution in [0.1, 0.15) is 24.2 Å². The standard InChI is InChI=1S/C17H17Cl2NO4S/c1-11(2)20(3)25(22,23)12-8-9-14(18)13(10-12)17(21)24-16-7-5-4-6-15(16)19/h4-11H,1-3H3. The van der Waals surface area contributed by atoms with Gasteiger partial charge in [-0.1, -0.05) is 35.3 Å². The summed E-state index contributed by atoms with van der Waals surface area (Å²) in [5.74, 6) is -0.625. The fourth-order valence-electron chi connectivity index (χ4n) is 1.95. The van der Waals surface area contributed by atoms with Gasteiger partial charge in [-0.15, -0.1) is 0 Å². The van der Waals surface area contributed by atoms with Crippen molar-refractivity contribution in [3.05, 3.63) is 58.1 Å². The third kappa shape index (κ3) is 4.33. The van der Waals surface area contributed by atoms with E-state index in [-0.39, 0.29) is 32.3 Å². The largest absolute Gasteiger partial charge is 0.421 e. The number of carbonyl (C=O) groups is 1. The first-order valence-corrected chi connectivity index (χ1v) is 9.58. The average molecular weight is 402 g/mol. The number of para-hydroxylation sites is 1. The smallest absolute Gasteiger partial charge is 0.345 e. The van der Waals surface area contributed by atoms with E-state index in [9.17, 15) is 13.2 Å². The van der Waals surface area contributed by atoms with E-state index in [1.807, 2.05) is 0 Å². The van der Waals surface area contributed by atoms with Gasteiger partial charge in [0, 0.05) is 13.1 Å². The first-order valence-electron chi connectivity index (χ1n) is 7.39. The highest BCUT2D eigenvalue weighted by Gasteiger charge is 2.25. The maximum absolute atomic E-state index is 12.6. The molecule has 0 N–H and O–H groups in total. The van der Waals surface area contributed by atoms with Gasteiger partial charge in [-0.3, -0.25) is 0 Å². The van der Waals surface area contributed by atoms with Gasteiger partial charge in [0.2, 0.25) is 10.0 Å². The zero-order valence-corrected chi connectivity index (χ0v) is 16.2. The summed E-state index contributed by atoms with van der Waals surface area (Å²) in [5.41, 5.74) is -0.0557. The molecule has 0 aliphatic rings. The maximum Gasteiger partial charge on any atom is 0.345 e. The second-order valence-electron chi connectivity index (χ2n) is 5.58. The minimum atomic E-state index is -3.75. The van der Waals surface area contributed by atoms with Crippen molar-refractivity contribution in [1.29, 1.82) is 0 Å². The van der Waals surface area contributed by atoms with Gasteiger partial charge in [-0.2, -0.15) is 4.31 Å². The lowest BCUT2D eigenvalue weighted by atomic mass is 10.2. The van der Waals surface area contributed by atoms with Crippen LogP contribution in [0.3, 0.4) is 0 Å². The molecule has 0 atom stereocenters. The highest BCUT2D eigenvalue weighted by Crippen LogP contribution is 2.27. The van der Waals surface area contributed by atoms with Crippen molar-refractivity contribution in [2.75, 3.05) is 7.05 Å². The van der Waals surface area contributed by atoms with Crippen molar-refractivity contribution in [2.45, 2.75) is 24.8 Å². The van der Waals surface area contributed by atoms with Gasteiger partial charge in [-0.05, 0) is 44.2 Å². The van der Waals surface area contributed by atoms with Gasteiger partial charge in [0.1, 0.15) is 5.75 Å². The zero-order valence-electron chi connectivity index (χ0n) is 13.9. The molecule has 0 spiro atoms. The second kappa shape index (κ2) is 7.74. The predicted octanol–water partition coefficient (Wildman–Crippen LogP) is 4.24. The molecule has 0 saturated heterocycles. The van der Waals surface area contributed by atoms with Gasteiger partial charge in [-0.25, -0.2) is 13.2 Å². The molecule has 0 bridgehead atoms. The Morgan fingerprint density at radius 1 is 1.08 bits per heavy atom. The molecule has 0 aromatic heterocycles. The number of hydrogen-bond acceptors (Lipinski definition) is 4. The Labute approximate surface area is 157 Å². The number of carbonyl (C=O) groups excluding carboxylic acids is 1. The van der Waals surface area contributed by atoms with Crippen molar-refractivity contribution < 1.29 is 17.9 Å². The van der Waals surface area contributed by atoms with E-state index in [0.29, 0.717) is 0 Å². The van der Waals surface area contributed by atoms with E-state index in [0.717, 1.165) is 0 Å². The van der Waals surface area contributed by atoms with Gasteiger partial charge >= 0.3 is 5.97 Å². The molecule has 0 amide bonds. The van der Waals surface area contributed by atoms with Crippen LogP contribution in [-0.4, -0.2) is 31.8 Å². The van der Waals surface area contributed by atoms with E-state index in [2.05, 4.69) is 0 Å². The zero-order chi connectivity index (χ0) is 18.8. The number of halogens is 2. The van der Waals surface area contributed by atoms with E-state index in [4.69, 9.17) is 27.9 Å². The number of hydrogen-bond donors (Lipinski definition) is 0. The Morgan fingerprint density at radius 3 is 2.32 bits per heavy atom. The van der Waals surface area contributed by atoms with E-state index < -0.39 is 16.0 Å². The maximum atomic E-state index is 12.6. The van der Waals surface area contributed by atoms with Crippen LogP contribution in [0.15, 0.2) is 47.4 Å². The molecule has 5 nitrogen and oxygen atoms in total. The van der Waals surface area contributed by atoms with Crippen LogP contribution in [0.25, 0.3) is 0 Å². The molecule has 0 fully saturated rings. The van der Waals surface area contributed by atoms with Crippen LogP contribution >= 0.6 is 23.2 Å². The first-order chi connectivity index (χ1) is 11.6. The SMILES string of the molecule is CC(C)N(C)S(=O)(=O)c1ccc(Cl)c(C(=O)Oc2ccccc2Cl)c1. The Kier molecular flexibility index (Phi) is 6.11. The molecule has 0 aliphatic heterocycles. The van der Waals surface area contributed by atoms with Crippen LogP contribution < -0.4 is 4.74 Å². The Balaban J connectivity index is 2.40. The van der Waals surface area contributed by atoms with Crippen LogP contribution in [0.2, 0.25) is 10.0 Å². The summed E-state index contributed by atoms with van der Waals surface area (Å²) in [5, 5.41) is 0.346. The lowest BCUT2D eigenvalue weighted by Crippen LogP contribution is -2.33. The number of nitrogens with zero attached hydrogens (tertiary/aromatic N) is 1. The van der Waals surface area contributed by atoms with Crippen LogP contribution in [0, 0.1) is 0 Å². The minimum absolute atomic E-state index is 0.0424. The van der Waals surface area contributed by atoms with Gasteiger partial charge in [0.25, 0.3) is 0 Å². The fourth-order valence-corrected chi connectivity index (χ4v) is 3.71. The van der Waals surface area contributed by atoms with Gasteiger partial charge in [0.15, 0.2) is 0 Å². The number of esters is 1. The molecule has 0 radical (unpaired) electrons. The van der Waals surface area contributed by atoms with Crippen molar-refractivity contribution in [3.63, 3.8) is 0 Å². The molecule has 0 saturated carbocycles. The molecule has 2 rings (SSSR count). The predicted molar refractivity (Wildman–Crippen MR) is 97.9 cm³/mol. The van der Waals surface area contributed by atoms with Crippen LogP contribution in [0.5, 0.6) is 5.75 Å². The number of sulfonamides is 1. The minimum Gasteiger partial charge on any atom is -0.421 e. The summed E-state index contributed by atoms with van der Waals surface area (Å²) in [6.45, 7) is 3.50. The summed E-state index contributed by atoms with van der Waals surface area (Å²) in [4.78, 5) is 12.4. The van der Waals surface area contributed by atoms with Crippen molar-refractivity contribution in [1.82, 2.24) is 4.31 Å². The van der Waals surface area contributed by atoms with Gasteiger partial charge < -0.3 is 4.74 Å². The van der Waals surface area contributed by atoms with Crippen molar-refractivity contribution in [3.8, 4) is 5.75 Å². The van der Waals surface area contributed by atoms with E-state index >= 15 is 0 Å². The quantitative estimate of drug-likeness (QED) is 0.554. The first kappa shape index (κ1) is 19.7. The topological polar surface area (TPSA) is 63.7 Å². The third-order valence-electron chi connectivity index (χ3n) is 3.60. The van der Waals surface area contributed by atoms with Crippen LogP contribution in [-0.2, 0) is 10.0 Å². The monoisotopic (exact) mass is 401 g/mol. The molecular formula is C17H17Cl2NO4S. The fraction of sp³-hybridized carbons (Fsp3) is 0.235. The second-order valence-corrected chi connectivity index (χ2v) is 8.39. The molecule has 8 heteroatoms. The molecule has 0 aliphatic carbocycles. The number of rotatable bonds is 5. The normalized spacial score (nSPS) is 11.8. The van der Waals surface area contributed by atoms with E-state index in [1.54, 1.807) is 32.0 Å². The molecule has 2 aromatic carbocycles. The number of ether oxygens (including phenoxy) is 1. The lowest BCUT2D eigenvalue weighted by Gasteiger charge is -2.21. The lowest BCUT2D eigenvalue weighted by molar-refractivity contribution is 0.0735. The molecule has 2 aromatic rings. The summed E-state index contributed by atoms with van der Waals surface area (Å²) >= 11 is 12.0. The highest BCUT2D eigenvalue weighted by molar-refractivity contribution is 7.89. The summed E-state index contributed by atoms with van der Waals surface area (Å²) < 4.78 is 31.6. The third-order valence-corrected chi connectivity index (χ3v) is 6.27. The summed E-state index contributed by atoms with van der Waals surface area (Å²) in [6, 6.07) is 10.1. The molecule has 25 heavy (non-hydrogen) atoms. The molecular weight excluding hydrogens is 385 g/mol. The Morgan fingerprint density at radius 2 is 1.72 bits per heavy atom. The van der Waals surface area contributed by atoms with Crippen molar-refractivity contribution >= 4 is 39.2 Å². The Hall–Kier alpha value is -1.60. The van der Waals surface area contributed by atoms with Gasteiger partial charge in [0.05, 0.1) is 20.5 Å². The average Bonchev–Trinajstić information content (AvgIpc) is 2.56. The molecule has 0 unspecified atom stereocenters. The van der Waals surface area contributed by atoms with Crippen molar-refractivity contribution in [2.24, 2.45) is 0 Å². The summed E-state index contributed by atoms with van der Waals surface area (Å²) in [7, 11) is -2.28. The molecule has 0 heterocycles.